The summed E-state index contributed by atoms with van der Waals surface area (Å²) in [6.45, 7) is 8.29. The van der Waals surface area contributed by atoms with E-state index >= 15 is 0 Å². The van der Waals surface area contributed by atoms with Gasteiger partial charge in [-0.2, -0.15) is 0 Å². The summed E-state index contributed by atoms with van der Waals surface area (Å²) >= 11 is 0. The molecule has 1 amide bonds. The zero-order valence-electron chi connectivity index (χ0n) is 21.8. The van der Waals surface area contributed by atoms with Crippen LogP contribution in [-0.2, 0) is 18.7 Å². The van der Waals surface area contributed by atoms with E-state index in [2.05, 4.69) is 46.4 Å². The quantitative estimate of drug-likeness (QED) is 0.435. The van der Waals surface area contributed by atoms with Gasteiger partial charge in [0.2, 0.25) is 0 Å². The van der Waals surface area contributed by atoms with E-state index in [9.17, 15) is 9.90 Å². The molecule has 1 saturated carbocycles. The Hall–Kier alpha value is -3.16. The van der Waals surface area contributed by atoms with Gasteiger partial charge in [0, 0.05) is 53.7 Å². The summed E-state index contributed by atoms with van der Waals surface area (Å²) < 4.78 is 4.68. The molecule has 4 unspecified atom stereocenters. The Morgan fingerprint density at radius 3 is 2.70 bits per heavy atom. The van der Waals surface area contributed by atoms with Crippen molar-refractivity contribution in [3.05, 3.63) is 53.6 Å². The summed E-state index contributed by atoms with van der Waals surface area (Å²) in [5.74, 6) is 1.85. The maximum Gasteiger partial charge on any atom is 0.254 e. The summed E-state index contributed by atoms with van der Waals surface area (Å²) in [6, 6.07) is 14.5. The molecule has 2 aromatic heterocycles. The van der Waals surface area contributed by atoms with E-state index in [1.807, 2.05) is 30.9 Å². The Balaban J connectivity index is 1.41. The number of nitrogens with zero attached hydrogens (tertiary/aromatic N) is 4. The molecule has 7 heteroatoms. The Kier molecular flexibility index (Phi) is 4.92. The number of rotatable bonds is 4. The van der Waals surface area contributed by atoms with Crippen molar-refractivity contribution in [1.29, 1.82) is 0 Å². The van der Waals surface area contributed by atoms with Crippen LogP contribution < -0.4 is 5.73 Å². The molecule has 2 fully saturated rings. The molecule has 0 spiro atoms. The second-order valence-corrected chi connectivity index (χ2v) is 11.9. The normalized spacial score (nSPS) is 27.5. The van der Waals surface area contributed by atoms with Gasteiger partial charge in [0.15, 0.2) is 5.82 Å². The SMILES string of the molecule is CC1CN(C(=O)c2cc3c4c(c2)nc(-c2cc5ccccc5n2CC2CC2)n4CCC3(C)O)C(C)C1N. The minimum absolute atomic E-state index is 0.0266. The average molecular weight is 498 g/mol. The number of hydrogen-bond donors (Lipinski definition) is 2. The molecule has 3 N–H and O–H groups in total. The van der Waals surface area contributed by atoms with Crippen LogP contribution in [0.25, 0.3) is 33.5 Å². The van der Waals surface area contributed by atoms with E-state index in [4.69, 9.17) is 10.7 Å². The number of carbonyl (C=O) groups is 1. The van der Waals surface area contributed by atoms with Gasteiger partial charge in [0.25, 0.3) is 5.91 Å². The fourth-order valence-electron chi connectivity index (χ4n) is 6.55. The van der Waals surface area contributed by atoms with Gasteiger partial charge in [-0.15, -0.1) is 0 Å². The zero-order valence-corrected chi connectivity index (χ0v) is 21.8. The third kappa shape index (κ3) is 3.47. The highest BCUT2D eigenvalue weighted by Crippen LogP contribution is 2.42. The molecule has 7 rings (SSSR count). The first-order valence-electron chi connectivity index (χ1n) is 13.7. The summed E-state index contributed by atoms with van der Waals surface area (Å²) in [5, 5.41) is 12.6. The van der Waals surface area contributed by atoms with Crippen molar-refractivity contribution in [2.45, 2.75) is 70.8 Å². The molecule has 2 aliphatic heterocycles. The third-order valence-electron chi connectivity index (χ3n) is 9.12. The van der Waals surface area contributed by atoms with Crippen LogP contribution in [0.4, 0.5) is 0 Å². The number of imidazole rings is 1. The van der Waals surface area contributed by atoms with Crippen LogP contribution in [0.2, 0.25) is 0 Å². The predicted molar refractivity (Wildman–Crippen MR) is 145 cm³/mol. The van der Waals surface area contributed by atoms with Crippen molar-refractivity contribution >= 4 is 27.8 Å². The van der Waals surface area contributed by atoms with Crippen LogP contribution >= 0.6 is 0 Å². The number of aryl methyl sites for hydroxylation is 1. The molecule has 7 nitrogen and oxygen atoms in total. The molecule has 192 valence electrons. The maximum absolute atomic E-state index is 13.7. The first-order valence-corrected chi connectivity index (χ1v) is 13.7. The molecule has 0 bridgehead atoms. The highest BCUT2D eigenvalue weighted by Gasteiger charge is 2.39. The van der Waals surface area contributed by atoms with E-state index in [1.165, 1.54) is 23.7 Å². The van der Waals surface area contributed by atoms with E-state index in [0.717, 1.165) is 40.6 Å². The molecular formula is C30H35N5O2. The van der Waals surface area contributed by atoms with Crippen LogP contribution in [0.3, 0.4) is 0 Å². The molecule has 1 saturated heterocycles. The number of para-hydroxylation sites is 1. The molecule has 0 radical (unpaired) electrons. The Morgan fingerprint density at radius 2 is 1.97 bits per heavy atom. The number of aromatic nitrogens is 3. The van der Waals surface area contributed by atoms with Crippen LogP contribution in [0.5, 0.6) is 0 Å². The first-order chi connectivity index (χ1) is 17.7. The van der Waals surface area contributed by atoms with Crippen LogP contribution in [0, 0.1) is 11.8 Å². The Morgan fingerprint density at radius 1 is 1.19 bits per heavy atom. The Labute approximate surface area is 216 Å². The second kappa shape index (κ2) is 7.92. The topological polar surface area (TPSA) is 89.3 Å². The van der Waals surface area contributed by atoms with Gasteiger partial charge < -0.3 is 24.9 Å². The minimum atomic E-state index is -1.02. The highest BCUT2D eigenvalue weighted by atomic mass is 16.3. The van der Waals surface area contributed by atoms with Crippen molar-refractivity contribution in [1.82, 2.24) is 19.0 Å². The molecular weight excluding hydrogens is 462 g/mol. The maximum atomic E-state index is 13.7. The smallest absolute Gasteiger partial charge is 0.254 e. The predicted octanol–water partition coefficient (Wildman–Crippen LogP) is 4.49. The van der Waals surface area contributed by atoms with E-state index < -0.39 is 5.60 Å². The molecule has 3 aliphatic rings. The van der Waals surface area contributed by atoms with Crippen LogP contribution in [0.15, 0.2) is 42.5 Å². The minimum Gasteiger partial charge on any atom is -0.385 e. The summed E-state index contributed by atoms with van der Waals surface area (Å²) in [6.07, 6.45) is 3.12. The lowest BCUT2D eigenvalue weighted by Crippen LogP contribution is -2.41. The fraction of sp³-hybridized carbons (Fsp3) is 0.467. The Bertz CT molecular complexity index is 1560. The van der Waals surface area contributed by atoms with Crippen LogP contribution in [0.1, 0.15) is 56.0 Å². The van der Waals surface area contributed by atoms with Gasteiger partial charge in [-0.1, -0.05) is 25.1 Å². The molecule has 2 aromatic carbocycles. The largest absolute Gasteiger partial charge is 0.385 e. The summed E-state index contributed by atoms with van der Waals surface area (Å²) in [4.78, 5) is 20.7. The third-order valence-corrected chi connectivity index (χ3v) is 9.12. The number of fused-ring (bicyclic) bond motifs is 1. The monoisotopic (exact) mass is 497 g/mol. The van der Waals surface area contributed by atoms with Crippen molar-refractivity contribution in [3.8, 4) is 11.5 Å². The van der Waals surface area contributed by atoms with E-state index in [-0.39, 0.29) is 23.9 Å². The summed E-state index contributed by atoms with van der Waals surface area (Å²) in [5.41, 5.74) is 10.7. The number of hydrogen-bond acceptors (Lipinski definition) is 4. The zero-order chi connectivity index (χ0) is 25.6. The van der Waals surface area contributed by atoms with Gasteiger partial charge in [-0.3, -0.25) is 4.79 Å². The van der Waals surface area contributed by atoms with Gasteiger partial charge >= 0.3 is 0 Å². The van der Waals surface area contributed by atoms with E-state index in [0.29, 0.717) is 25.1 Å². The first kappa shape index (κ1) is 23.0. The number of nitrogens with two attached hydrogens (primary N) is 1. The lowest BCUT2D eigenvalue weighted by atomic mass is 9.87. The second-order valence-electron chi connectivity index (χ2n) is 11.9. The highest BCUT2D eigenvalue weighted by molar-refractivity contribution is 6.00. The van der Waals surface area contributed by atoms with Gasteiger partial charge in [-0.25, -0.2) is 4.98 Å². The standard InChI is InChI=1S/C30H35N5O2/c1-17-15-34(18(2)26(17)31)29(36)21-12-22-27-23(13-21)32-28(33(27)11-10-30(22,3)37)25-14-20-6-4-5-7-24(20)35(25)16-19-8-9-19/h4-7,12-14,17-19,26,37H,8-11,15-16,31H2,1-3H3. The van der Waals surface area contributed by atoms with Crippen molar-refractivity contribution in [2.75, 3.05) is 6.54 Å². The average Bonchev–Trinajstić information content (AvgIpc) is 3.45. The molecule has 1 aliphatic carbocycles. The van der Waals surface area contributed by atoms with Gasteiger partial charge in [0.1, 0.15) is 0 Å². The number of aliphatic hydroxyl groups is 1. The molecule has 4 atom stereocenters. The van der Waals surface area contributed by atoms with Gasteiger partial charge in [0.05, 0.1) is 22.3 Å². The number of amides is 1. The summed E-state index contributed by atoms with van der Waals surface area (Å²) in [7, 11) is 0. The molecule has 4 aromatic rings. The fourth-order valence-corrected chi connectivity index (χ4v) is 6.55. The van der Waals surface area contributed by atoms with Crippen LogP contribution in [-0.4, -0.2) is 48.7 Å². The van der Waals surface area contributed by atoms with Crippen molar-refractivity contribution < 1.29 is 9.90 Å². The van der Waals surface area contributed by atoms with E-state index in [1.54, 1.807) is 0 Å². The number of likely N-dealkylation sites (tertiary alicyclic amines) is 1. The van der Waals surface area contributed by atoms with Crippen molar-refractivity contribution in [3.63, 3.8) is 0 Å². The molecule has 4 heterocycles. The number of carbonyl (C=O) groups excluding carboxylic acids is 1. The molecule has 37 heavy (non-hydrogen) atoms. The van der Waals surface area contributed by atoms with Crippen molar-refractivity contribution in [2.24, 2.45) is 17.6 Å². The lowest BCUT2D eigenvalue weighted by molar-refractivity contribution is 0.0398. The number of benzene rings is 2. The lowest BCUT2D eigenvalue weighted by Gasteiger charge is -2.31. The van der Waals surface area contributed by atoms with Gasteiger partial charge in [-0.05, 0) is 69.2 Å².